The number of benzene rings is 1. The fourth-order valence-corrected chi connectivity index (χ4v) is 3.85. The van der Waals surface area contributed by atoms with Crippen LogP contribution in [0.1, 0.15) is 133 Å². The van der Waals surface area contributed by atoms with E-state index in [2.05, 4.69) is 32.9 Å². The van der Waals surface area contributed by atoms with Crippen molar-refractivity contribution in [1.82, 2.24) is 0 Å². The first-order valence-corrected chi connectivity index (χ1v) is 12.5. The van der Waals surface area contributed by atoms with E-state index in [1.165, 1.54) is 82.6 Å². The minimum Gasteiger partial charge on any atom is -0.459 e. The number of rotatable bonds is 18. The summed E-state index contributed by atoms with van der Waals surface area (Å²) in [6.45, 7) is 6.64. The molecule has 1 aromatic carbocycles. The third kappa shape index (κ3) is 12.8. The van der Waals surface area contributed by atoms with E-state index in [-0.39, 0.29) is 12.1 Å². The lowest BCUT2D eigenvalue weighted by Gasteiger charge is -2.17. The van der Waals surface area contributed by atoms with Gasteiger partial charge < -0.3 is 4.74 Å². The standard InChI is InChI=1S/C27H46O2/c1-4-7-9-10-11-12-13-14-15-16-19-26(17-6-3)29-27(28)25-22-20-24(21-23-25)18-8-5-2/h20-23,26H,4-19H2,1-3H3. The second-order valence-electron chi connectivity index (χ2n) is 8.59. The molecule has 0 aromatic heterocycles. The van der Waals surface area contributed by atoms with Gasteiger partial charge in [-0.1, -0.05) is 104 Å². The summed E-state index contributed by atoms with van der Waals surface area (Å²) < 4.78 is 5.84. The van der Waals surface area contributed by atoms with Gasteiger partial charge in [0.05, 0.1) is 5.56 Å². The van der Waals surface area contributed by atoms with Crippen molar-refractivity contribution in [1.29, 1.82) is 0 Å². The second kappa shape index (κ2) is 17.5. The van der Waals surface area contributed by atoms with Crippen LogP contribution in [0.15, 0.2) is 24.3 Å². The van der Waals surface area contributed by atoms with E-state index in [9.17, 15) is 4.79 Å². The van der Waals surface area contributed by atoms with Gasteiger partial charge in [-0.2, -0.15) is 0 Å². The van der Waals surface area contributed by atoms with Gasteiger partial charge in [-0.15, -0.1) is 0 Å². The van der Waals surface area contributed by atoms with Crippen molar-refractivity contribution in [3.05, 3.63) is 35.4 Å². The Hall–Kier alpha value is -1.31. The molecule has 1 rings (SSSR count). The summed E-state index contributed by atoms with van der Waals surface area (Å²) in [5, 5.41) is 0. The van der Waals surface area contributed by atoms with Crippen LogP contribution in [0.4, 0.5) is 0 Å². The molecule has 0 saturated carbocycles. The number of hydrogen-bond acceptors (Lipinski definition) is 2. The molecule has 0 aliphatic rings. The zero-order valence-electron chi connectivity index (χ0n) is 19.5. The fourth-order valence-electron chi connectivity index (χ4n) is 3.85. The van der Waals surface area contributed by atoms with Crippen molar-refractivity contribution in [3.63, 3.8) is 0 Å². The Labute approximate surface area is 180 Å². The highest BCUT2D eigenvalue weighted by molar-refractivity contribution is 5.89. The van der Waals surface area contributed by atoms with Crippen molar-refractivity contribution < 1.29 is 9.53 Å². The number of unbranched alkanes of at least 4 members (excludes halogenated alkanes) is 10. The lowest BCUT2D eigenvalue weighted by Crippen LogP contribution is -2.18. The van der Waals surface area contributed by atoms with Crippen molar-refractivity contribution in [3.8, 4) is 0 Å². The Balaban J connectivity index is 2.24. The van der Waals surface area contributed by atoms with Crippen LogP contribution in [0.5, 0.6) is 0 Å². The predicted octanol–water partition coefficient (Wildman–Crippen LogP) is 8.67. The van der Waals surface area contributed by atoms with Gasteiger partial charge in [-0.3, -0.25) is 0 Å². The Kier molecular flexibility index (Phi) is 15.6. The second-order valence-corrected chi connectivity index (χ2v) is 8.59. The zero-order chi connectivity index (χ0) is 21.2. The SMILES string of the molecule is CCCCCCCCCCCCC(CCC)OC(=O)c1ccc(CCCC)cc1. The van der Waals surface area contributed by atoms with Gasteiger partial charge in [-0.05, 0) is 49.8 Å². The quantitative estimate of drug-likeness (QED) is 0.181. The molecule has 2 nitrogen and oxygen atoms in total. The lowest BCUT2D eigenvalue weighted by molar-refractivity contribution is 0.0253. The van der Waals surface area contributed by atoms with Gasteiger partial charge in [-0.25, -0.2) is 4.79 Å². The van der Waals surface area contributed by atoms with Gasteiger partial charge in [0.1, 0.15) is 6.10 Å². The highest BCUT2D eigenvalue weighted by Gasteiger charge is 2.15. The van der Waals surface area contributed by atoms with Gasteiger partial charge in [0.25, 0.3) is 0 Å². The van der Waals surface area contributed by atoms with Crippen LogP contribution in [0.3, 0.4) is 0 Å². The molecule has 0 fully saturated rings. The molecule has 1 aromatic rings. The molecule has 0 amide bonds. The lowest BCUT2D eigenvalue weighted by atomic mass is 10.0. The topological polar surface area (TPSA) is 26.3 Å². The molecule has 0 saturated heterocycles. The summed E-state index contributed by atoms with van der Waals surface area (Å²) in [5.74, 6) is -0.155. The summed E-state index contributed by atoms with van der Waals surface area (Å²) in [7, 11) is 0. The Morgan fingerprint density at radius 1 is 0.690 bits per heavy atom. The third-order valence-corrected chi connectivity index (χ3v) is 5.77. The van der Waals surface area contributed by atoms with E-state index < -0.39 is 0 Å². The first-order valence-electron chi connectivity index (χ1n) is 12.5. The van der Waals surface area contributed by atoms with E-state index >= 15 is 0 Å². The molecular weight excluding hydrogens is 356 g/mol. The molecule has 0 bridgehead atoms. The van der Waals surface area contributed by atoms with Crippen molar-refractivity contribution in [2.45, 2.75) is 130 Å². The van der Waals surface area contributed by atoms with Crippen molar-refractivity contribution in [2.75, 3.05) is 0 Å². The summed E-state index contributed by atoms with van der Waals surface area (Å²) in [6.07, 6.45) is 20.0. The highest BCUT2D eigenvalue weighted by atomic mass is 16.5. The summed E-state index contributed by atoms with van der Waals surface area (Å²) >= 11 is 0. The van der Waals surface area contributed by atoms with Gasteiger partial charge in [0.15, 0.2) is 0 Å². The predicted molar refractivity (Wildman–Crippen MR) is 126 cm³/mol. The number of carbonyl (C=O) groups is 1. The molecular formula is C27H46O2. The minimum absolute atomic E-state index is 0.0707. The van der Waals surface area contributed by atoms with E-state index in [1.807, 2.05) is 12.1 Å². The normalized spacial score (nSPS) is 12.1. The number of hydrogen-bond donors (Lipinski definition) is 0. The number of aryl methyl sites for hydroxylation is 1. The first-order chi connectivity index (χ1) is 14.2. The third-order valence-electron chi connectivity index (χ3n) is 5.77. The average molecular weight is 403 g/mol. The largest absolute Gasteiger partial charge is 0.459 e. The zero-order valence-corrected chi connectivity index (χ0v) is 19.5. The Bertz CT molecular complexity index is 506. The van der Waals surface area contributed by atoms with Gasteiger partial charge in [0, 0.05) is 0 Å². The highest BCUT2D eigenvalue weighted by Crippen LogP contribution is 2.17. The summed E-state index contributed by atoms with van der Waals surface area (Å²) in [6, 6.07) is 8.00. The van der Waals surface area contributed by atoms with Crippen LogP contribution in [0.2, 0.25) is 0 Å². The van der Waals surface area contributed by atoms with Crippen molar-refractivity contribution >= 4 is 5.97 Å². The fraction of sp³-hybridized carbons (Fsp3) is 0.741. The number of ether oxygens (including phenoxy) is 1. The van der Waals surface area contributed by atoms with Crippen LogP contribution in [-0.4, -0.2) is 12.1 Å². The molecule has 166 valence electrons. The van der Waals surface area contributed by atoms with E-state index in [0.29, 0.717) is 5.56 Å². The maximum absolute atomic E-state index is 12.5. The van der Waals surface area contributed by atoms with Crippen LogP contribution < -0.4 is 0 Å². The molecule has 0 aliphatic heterocycles. The maximum Gasteiger partial charge on any atom is 0.338 e. The number of esters is 1. The van der Waals surface area contributed by atoms with Crippen LogP contribution >= 0.6 is 0 Å². The molecule has 0 spiro atoms. The van der Waals surface area contributed by atoms with Crippen LogP contribution in [0.25, 0.3) is 0 Å². The Morgan fingerprint density at radius 3 is 1.79 bits per heavy atom. The summed E-state index contributed by atoms with van der Waals surface area (Å²) in [4.78, 5) is 12.5. The van der Waals surface area contributed by atoms with E-state index in [1.54, 1.807) is 0 Å². The van der Waals surface area contributed by atoms with Crippen molar-refractivity contribution in [2.24, 2.45) is 0 Å². The van der Waals surface area contributed by atoms with Gasteiger partial charge in [0.2, 0.25) is 0 Å². The van der Waals surface area contributed by atoms with Crippen LogP contribution in [-0.2, 0) is 11.2 Å². The average Bonchev–Trinajstić information content (AvgIpc) is 2.74. The molecule has 0 aliphatic carbocycles. The monoisotopic (exact) mass is 402 g/mol. The maximum atomic E-state index is 12.5. The molecule has 0 N–H and O–H groups in total. The molecule has 29 heavy (non-hydrogen) atoms. The minimum atomic E-state index is -0.155. The van der Waals surface area contributed by atoms with E-state index in [4.69, 9.17) is 4.74 Å². The summed E-state index contributed by atoms with van der Waals surface area (Å²) in [5.41, 5.74) is 1.99. The Morgan fingerprint density at radius 2 is 1.24 bits per heavy atom. The first kappa shape index (κ1) is 25.7. The smallest absolute Gasteiger partial charge is 0.338 e. The van der Waals surface area contributed by atoms with E-state index in [0.717, 1.165) is 25.7 Å². The van der Waals surface area contributed by atoms with Gasteiger partial charge >= 0.3 is 5.97 Å². The molecule has 1 unspecified atom stereocenters. The number of carbonyl (C=O) groups excluding carboxylic acids is 1. The molecule has 2 heteroatoms. The molecule has 0 heterocycles. The molecule has 1 atom stereocenters. The van der Waals surface area contributed by atoms with Crippen LogP contribution in [0, 0.1) is 0 Å². The molecule has 0 radical (unpaired) electrons.